The van der Waals surface area contributed by atoms with Gasteiger partial charge in [-0.2, -0.15) is 0 Å². The van der Waals surface area contributed by atoms with Gasteiger partial charge < -0.3 is 9.80 Å². The largest absolute Gasteiger partial charge is 0.343 e. The molecule has 0 fully saturated rings. The molecule has 0 N–H and O–H groups in total. The zero-order valence-electron chi connectivity index (χ0n) is 27.1. The van der Waals surface area contributed by atoms with Gasteiger partial charge in [-0.25, -0.2) is 0 Å². The predicted octanol–water partition coefficient (Wildman–Crippen LogP) is 10.1. The first kappa shape index (κ1) is 37.9. The van der Waals surface area contributed by atoms with E-state index < -0.39 is 0 Å². The summed E-state index contributed by atoms with van der Waals surface area (Å²) in [6.45, 7) is 16.9. The summed E-state index contributed by atoms with van der Waals surface area (Å²) >= 11 is 0. The van der Waals surface area contributed by atoms with Crippen molar-refractivity contribution in [1.29, 1.82) is 0 Å². The van der Waals surface area contributed by atoms with Crippen LogP contribution in [0.25, 0.3) is 0 Å². The van der Waals surface area contributed by atoms with E-state index in [4.69, 9.17) is 0 Å². The fourth-order valence-corrected chi connectivity index (χ4v) is 5.43. The Labute approximate surface area is 245 Å². The second-order valence-corrected chi connectivity index (χ2v) is 11.9. The number of hydrogen-bond donors (Lipinski definition) is 0. The van der Waals surface area contributed by atoms with E-state index in [0.717, 1.165) is 84.0 Å². The average molecular weight is 550 g/mol. The molecule has 0 bridgehead atoms. The fraction of sp³-hybridized carbons (Fsp3) is 0.914. The number of carbonyl (C=O) groups is 2. The van der Waals surface area contributed by atoms with Gasteiger partial charge in [0.05, 0.1) is 0 Å². The maximum Gasteiger partial charge on any atom is 0.222 e. The Morgan fingerprint density at radius 3 is 1.33 bits per heavy atom. The molecule has 0 aliphatic rings. The van der Waals surface area contributed by atoms with Gasteiger partial charge in [-0.15, -0.1) is 0 Å². The third kappa shape index (κ3) is 22.3. The smallest absolute Gasteiger partial charge is 0.222 e. The zero-order chi connectivity index (χ0) is 29.0. The molecule has 0 saturated carbocycles. The fourth-order valence-electron chi connectivity index (χ4n) is 5.43. The van der Waals surface area contributed by atoms with Crippen LogP contribution in [0.15, 0.2) is 0 Å². The highest BCUT2D eigenvalue weighted by Crippen LogP contribution is 2.21. The molecule has 1 radical (unpaired) electrons. The van der Waals surface area contributed by atoms with Crippen molar-refractivity contribution in [1.82, 2.24) is 9.80 Å². The summed E-state index contributed by atoms with van der Waals surface area (Å²) in [5, 5.41) is 0. The van der Waals surface area contributed by atoms with Crippen molar-refractivity contribution in [3.8, 4) is 0 Å². The number of unbranched alkanes of at least 4 members (excludes halogenated alkanes) is 13. The standard InChI is InChI=1S/C35H69N2O2/c1-6-11-15-23-31-36(29-21-13-8-3)34(38)26-20-18-17-19-25-33(10-5)27-28-35(39)37(30-22-14-9-4)32-24-16-12-7-2/h33H,5-32H2,1-4H3. The Hall–Kier alpha value is -1.06. The lowest BCUT2D eigenvalue weighted by Gasteiger charge is -2.24. The molecule has 0 rings (SSSR count). The molecule has 1 atom stereocenters. The van der Waals surface area contributed by atoms with Gasteiger partial charge in [-0.3, -0.25) is 9.59 Å². The Bertz CT molecular complexity index is 551. The highest BCUT2D eigenvalue weighted by atomic mass is 16.2. The molecule has 0 aromatic rings. The van der Waals surface area contributed by atoms with Gasteiger partial charge in [-0.1, -0.05) is 131 Å². The molecule has 0 heterocycles. The minimum absolute atomic E-state index is 0.359. The van der Waals surface area contributed by atoms with Gasteiger partial charge in [-0.05, 0) is 44.4 Å². The second kappa shape index (κ2) is 28.5. The number of nitrogens with zero attached hydrogens (tertiary/aromatic N) is 2. The van der Waals surface area contributed by atoms with Gasteiger partial charge >= 0.3 is 0 Å². The van der Waals surface area contributed by atoms with Crippen LogP contribution in [0.2, 0.25) is 0 Å². The SMILES string of the molecule is [CH2]CC(CCCCCCC(=O)N(CCCCC)CCCCCC)CCC(=O)N(CCCCC)CCCCCC. The summed E-state index contributed by atoms with van der Waals surface area (Å²) in [6.07, 6.45) is 25.9. The topological polar surface area (TPSA) is 40.6 Å². The van der Waals surface area contributed by atoms with Crippen LogP contribution in [0.4, 0.5) is 0 Å². The third-order valence-electron chi connectivity index (χ3n) is 8.26. The van der Waals surface area contributed by atoms with E-state index in [2.05, 4.69) is 44.4 Å². The molecule has 39 heavy (non-hydrogen) atoms. The van der Waals surface area contributed by atoms with Crippen LogP contribution in [0, 0.1) is 12.8 Å². The molecule has 0 aromatic heterocycles. The average Bonchev–Trinajstić information content (AvgIpc) is 2.94. The molecule has 0 aromatic carbocycles. The highest BCUT2D eigenvalue weighted by molar-refractivity contribution is 5.76. The van der Waals surface area contributed by atoms with Crippen molar-refractivity contribution >= 4 is 11.8 Å². The molecule has 4 heteroatoms. The number of amides is 2. The van der Waals surface area contributed by atoms with Gasteiger partial charge in [0.15, 0.2) is 0 Å². The van der Waals surface area contributed by atoms with E-state index in [0.29, 0.717) is 30.6 Å². The van der Waals surface area contributed by atoms with Crippen molar-refractivity contribution in [2.45, 2.75) is 175 Å². The lowest BCUT2D eigenvalue weighted by Crippen LogP contribution is -2.33. The normalized spacial score (nSPS) is 12.0. The van der Waals surface area contributed by atoms with Crippen molar-refractivity contribution in [3.05, 3.63) is 6.92 Å². The molecular weight excluding hydrogens is 480 g/mol. The molecule has 0 aliphatic carbocycles. The van der Waals surface area contributed by atoms with Gasteiger partial charge in [0.2, 0.25) is 11.8 Å². The van der Waals surface area contributed by atoms with Crippen LogP contribution < -0.4 is 0 Å². The first-order valence-corrected chi connectivity index (χ1v) is 17.4. The van der Waals surface area contributed by atoms with Crippen LogP contribution >= 0.6 is 0 Å². The van der Waals surface area contributed by atoms with Crippen molar-refractivity contribution in [2.75, 3.05) is 26.2 Å². The maximum atomic E-state index is 13.0. The summed E-state index contributed by atoms with van der Waals surface area (Å²) in [6, 6.07) is 0. The van der Waals surface area contributed by atoms with Crippen LogP contribution in [-0.4, -0.2) is 47.8 Å². The minimum Gasteiger partial charge on any atom is -0.343 e. The highest BCUT2D eigenvalue weighted by Gasteiger charge is 2.16. The Balaban J connectivity index is 4.30. The zero-order valence-corrected chi connectivity index (χ0v) is 27.1. The molecule has 0 spiro atoms. The van der Waals surface area contributed by atoms with Gasteiger partial charge in [0, 0.05) is 39.0 Å². The van der Waals surface area contributed by atoms with E-state index in [-0.39, 0.29) is 0 Å². The predicted molar refractivity (Wildman–Crippen MR) is 171 cm³/mol. The van der Waals surface area contributed by atoms with Crippen LogP contribution in [0.5, 0.6) is 0 Å². The van der Waals surface area contributed by atoms with Crippen molar-refractivity contribution < 1.29 is 9.59 Å². The van der Waals surface area contributed by atoms with Crippen molar-refractivity contribution in [2.24, 2.45) is 5.92 Å². The molecular formula is C35H69N2O2. The quantitative estimate of drug-likeness (QED) is 0.0871. The van der Waals surface area contributed by atoms with E-state index in [1.54, 1.807) is 0 Å². The van der Waals surface area contributed by atoms with E-state index in [1.165, 1.54) is 77.0 Å². The van der Waals surface area contributed by atoms with Gasteiger partial charge in [0.25, 0.3) is 0 Å². The summed E-state index contributed by atoms with van der Waals surface area (Å²) in [5.41, 5.74) is 0. The first-order chi connectivity index (χ1) is 19.0. The Morgan fingerprint density at radius 1 is 0.487 bits per heavy atom. The van der Waals surface area contributed by atoms with Gasteiger partial charge in [0.1, 0.15) is 0 Å². The van der Waals surface area contributed by atoms with E-state index >= 15 is 0 Å². The minimum atomic E-state index is 0.359. The Morgan fingerprint density at radius 2 is 0.872 bits per heavy atom. The lowest BCUT2D eigenvalue weighted by atomic mass is 9.93. The Kier molecular flexibility index (Phi) is 27.7. The molecule has 0 aliphatic heterocycles. The van der Waals surface area contributed by atoms with Crippen LogP contribution in [0.3, 0.4) is 0 Å². The molecule has 0 saturated heterocycles. The third-order valence-corrected chi connectivity index (χ3v) is 8.26. The van der Waals surface area contributed by atoms with Crippen LogP contribution in [-0.2, 0) is 9.59 Å². The van der Waals surface area contributed by atoms with E-state index in [1.807, 2.05) is 0 Å². The molecule has 2 amide bonds. The van der Waals surface area contributed by atoms with Crippen LogP contribution in [0.1, 0.15) is 175 Å². The second-order valence-electron chi connectivity index (χ2n) is 11.9. The monoisotopic (exact) mass is 550 g/mol. The summed E-state index contributed by atoms with van der Waals surface area (Å²) in [5.74, 6) is 1.28. The van der Waals surface area contributed by atoms with E-state index in [9.17, 15) is 9.59 Å². The first-order valence-electron chi connectivity index (χ1n) is 17.4. The summed E-state index contributed by atoms with van der Waals surface area (Å²) < 4.78 is 0. The molecule has 1 unspecified atom stereocenters. The molecule has 231 valence electrons. The van der Waals surface area contributed by atoms with Crippen molar-refractivity contribution in [3.63, 3.8) is 0 Å². The maximum absolute atomic E-state index is 13.0. The number of rotatable bonds is 29. The summed E-state index contributed by atoms with van der Waals surface area (Å²) in [7, 11) is 0. The summed E-state index contributed by atoms with van der Waals surface area (Å²) in [4.78, 5) is 30.2. The number of hydrogen-bond acceptors (Lipinski definition) is 2. The lowest BCUT2D eigenvalue weighted by molar-refractivity contribution is -0.132. The number of carbonyl (C=O) groups excluding carboxylic acids is 2. The molecule has 4 nitrogen and oxygen atoms in total.